The van der Waals surface area contributed by atoms with Crippen LogP contribution in [0.2, 0.25) is 0 Å². The Morgan fingerprint density at radius 1 is 0.778 bits per heavy atom. The van der Waals surface area contributed by atoms with Gasteiger partial charge in [0.15, 0.2) is 0 Å². The third kappa shape index (κ3) is 6.63. The van der Waals surface area contributed by atoms with E-state index in [1.807, 2.05) is 0 Å². The Morgan fingerprint density at radius 2 is 1.48 bits per heavy atom. The minimum atomic E-state index is 0.579. The van der Waals surface area contributed by atoms with Crippen molar-refractivity contribution in [3.63, 3.8) is 0 Å². The Kier molecular flexibility index (Phi) is 8.71. The first-order valence-corrected chi connectivity index (χ1v) is 12.0. The van der Waals surface area contributed by atoms with Gasteiger partial charge in [0.05, 0.1) is 6.10 Å². The zero-order valence-corrected chi connectivity index (χ0v) is 17.9. The van der Waals surface area contributed by atoms with E-state index in [9.17, 15) is 0 Å². The van der Waals surface area contributed by atoms with Crippen molar-refractivity contribution >= 4 is 0 Å². The van der Waals surface area contributed by atoms with Crippen LogP contribution in [0.3, 0.4) is 0 Å². The van der Waals surface area contributed by atoms with E-state index >= 15 is 0 Å². The maximum Gasteiger partial charge on any atom is 0.0603 e. The van der Waals surface area contributed by atoms with Gasteiger partial charge in [0, 0.05) is 6.61 Å². The van der Waals surface area contributed by atoms with Gasteiger partial charge < -0.3 is 4.74 Å². The van der Waals surface area contributed by atoms with Crippen LogP contribution in [-0.2, 0) is 17.6 Å². The summed E-state index contributed by atoms with van der Waals surface area (Å²) in [5, 5.41) is 0. The first-order valence-electron chi connectivity index (χ1n) is 12.0. The van der Waals surface area contributed by atoms with Gasteiger partial charge in [-0.15, -0.1) is 0 Å². The lowest BCUT2D eigenvalue weighted by molar-refractivity contribution is -0.0598. The highest BCUT2D eigenvalue weighted by Crippen LogP contribution is 2.38. The van der Waals surface area contributed by atoms with E-state index in [0.29, 0.717) is 6.10 Å². The van der Waals surface area contributed by atoms with Crippen LogP contribution in [-0.4, -0.2) is 12.7 Å². The smallest absolute Gasteiger partial charge is 0.0603 e. The van der Waals surface area contributed by atoms with Crippen molar-refractivity contribution in [2.75, 3.05) is 6.61 Å². The summed E-state index contributed by atoms with van der Waals surface area (Å²) < 4.78 is 6.35. The summed E-state index contributed by atoms with van der Waals surface area (Å²) in [4.78, 5) is 0. The van der Waals surface area contributed by atoms with Gasteiger partial charge in [-0.05, 0) is 80.2 Å². The Hall–Kier alpha value is -0.820. The molecule has 0 aromatic heterocycles. The molecule has 1 saturated carbocycles. The number of ether oxygens (including phenoxy) is 1. The summed E-state index contributed by atoms with van der Waals surface area (Å²) in [6.45, 7) is 5.57. The van der Waals surface area contributed by atoms with E-state index in [2.05, 4.69) is 38.1 Å². The van der Waals surface area contributed by atoms with E-state index in [-0.39, 0.29) is 0 Å². The fraction of sp³-hybridized carbons (Fsp3) is 0.769. The summed E-state index contributed by atoms with van der Waals surface area (Å²) in [5.74, 6) is 2.64. The normalized spacial score (nSPS) is 29.0. The predicted octanol–water partition coefficient (Wildman–Crippen LogP) is 7.36. The van der Waals surface area contributed by atoms with Crippen LogP contribution in [0.15, 0.2) is 24.3 Å². The molecule has 1 aliphatic carbocycles. The SMILES string of the molecule is CCCCCC1CCC(C2CCC(CCc3ccc(CC)cc3)CC2)OC1. The molecule has 1 aromatic carbocycles. The van der Waals surface area contributed by atoms with Crippen LogP contribution in [0.1, 0.15) is 95.6 Å². The largest absolute Gasteiger partial charge is 0.378 e. The van der Waals surface area contributed by atoms with Crippen LogP contribution < -0.4 is 0 Å². The molecule has 1 heterocycles. The van der Waals surface area contributed by atoms with E-state index < -0.39 is 0 Å². The lowest BCUT2D eigenvalue weighted by atomic mass is 9.75. The summed E-state index contributed by atoms with van der Waals surface area (Å²) in [6.07, 6.45) is 18.3. The molecule has 0 bridgehead atoms. The van der Waals surface area contributed by atoms with E-state index in [4.69, 9.17) is 4.74 Å². The Bertz CT molecular complexity index is 504. The average molecular weight is 371 g/mol. The minimum Gasteiger partial charge on any atom is -0.378 e. The molecule has 2 atom stereocenters. The zero-order valence-electron chi connectivity index (χ0n) is 17.9. The molecule has 2 fully saturated rings. The van der Waals surface area contributed by atoms with E-state index in [1.54, 1.807) is 0 Å². The monoisotopic (exact) mass is 370 g/mol. The molecular formula is C26H42O. The van der Waals surface area contributed by atoms with Gasteiger partial charge in [0.25, 0.3) is 0 Å². The van der Waals surface area contributed by atoms with Crippen molar-refractivity contribution in [1.29, 1.82) is 0 Å². The number of benzene rings is 1. The number of hydrogen-bond acceptors (Lipinski definition) is 1. The van der Waals surface area contributed by atoms with Gasteiger partial charge in [-0.2, -0.15) is 0 Å². The second-order valence-electron chi connectivity index (χ2n) is 9.30. The molecule has 0 N–H and O–H groups in total. The summed E-state index contributed by atoms with van der Waals surface area (Å²) >= 11 is 0. The van der Waals surface area contributed by atoms with Gasteiger partial charge in [0.1, 0.15) is 0 Å². The molecule has 0 spiro atoms. The second kappa shape index (κ2) is 11.2. The minimum absolute atomic E-state index is 0.579. The molecule has 1 aromatic rings. The van der Waals surface area contributed by atoms with Gasteiger partial charge in [-0.3, -0.25) is 0 Å². The molecule has 1 nitrogen and oxygen atoms in total. The molecule has 2 aliphatic rings. The molecule has 1 heteroatoms. The van der Waals surface area contributed by atoms with Crippen LogP contribution in [0.25, 0.3) is 0 Å². The zero-order chi connectivity index (χ0) is 18.9. The van der Waals surface area contributed by atoms with Crippen molar-refractivity contribution < 1.29 is 4.74 Å². The highest BCUT2D eigenvalue weighted by Gasteiger charge is 2.31. The van der Waals surface area contributed by atoms with Crippen LogP contribution in [0.5, 0.6) is 0 Å². The first kappa shape index (κ1) is 20.9. The van der Waals surface area contributed by atoms with Gasteiger partial charge >= 0.3 is 0 Å². The molecule has 152 valence electrons. The number of rotatable bonds is 9. The highest BCUT2D eigenvalue weighted by molar-refractivity contribution is 5.22. The highest BCUT2D eigenvalue weighted by atomic mass is 16.5. The summed E-state index contributed by atoms with van der Waals surface area (Å²) in [7, 11) is 0. The van der Waals surface area contributed by atoms with E-state index in [0.717, 1.165) is 30.8 Å². The molecule has 2 unspecified atom stereocenters. The Labute approximate surface area is 168 Å². The molecule has 0 radical (unpaired) electrons. The van der Waals surface area contributed by atoms with Crippen molar-refractivity contribution in [1.82, 2.24) is 0 Å². The maximum absolute atomic E-state index is 6.35. The quantitative estimate of drug-likeness (QED) is 0.412. The van der Waals surface area contributed by atoms with Crippen molar-refractivity contribution in [3.05, 3.63) is 35.4 Å². The molecule has 3 rings (SSSR count). The predicted molar refractivity (Wildman–Crippen MR) is 116 cm³/mol. The first-order chi connectivity index (χ1) is 13.3. The molecular weight excluding hydrogens is 328 g/mol. The molecule has 1 saturated heterocycles. The Balaban J connectivity index is 1.32. The molecule has 1 aliphatic heterocycles. The maximum atomic E-state index is 6.35. The van der Waals surface area contributed by atoms with E-state index in [1.165, 1.54) is 88.2 Å². The number of aryl methyl sites for hydroxylation is 2. The van der Waals surface area contributed by atoms with Crippen LogP contribution in [0, 0.1) is 17.8 Å². The van der Waals surface area contributed by atoms with Crippen LogP contribution >= 0.6 is 0 Å². The topological polar surface area (TPSA) is 9.23 Å². The van der Waals surface area contributed by atoms with Gasteiger partial charge in [0.2, 0.25) is 0 Å². The second-order valence-corrected chi connectivity index (χ2v) is 9.30. The standard InChI is InChI=1S/C26H42O/c1-3-5-6-7-24-16-19-26(27-20-24)25-17-14-23(15-18-25)13-12-22-10-8-21(4-2)9-11-22/h8-11,23-26H,3-7,12-20H2,1-2H3. The van der Waals surface area contributed by atoms with Crippen molar-refractivity contribution in [2.45, 2.75) is 103 Å². The third-order valence-corrected chi connectivity index (χ3v) is 7.31. The van der Waals surface area contributed by atoms with Gasteiger partial charge in [-0.25, -0.2) is 0 Å². The van der Waals surface area contributed by atoms with Crippen LogP contribution in [0.4, 0.5) is 0 Å². The molecule has 27 heavy (non-hydrogen) atoms. The number of hydrogen-bond donors (Lipinski definition) is 0. The fourth-order valence-corrected chi connectivity index (χ4v) is 5.27. The summed E-state index contributed by atoms with van der Waals surface area (Å²) in [5.41, 5.74) is 2.98. The average Bonchev–Trinajstić information content (AvgIpc) is 2.74. The fourth-order valence-electron chi connectivity index (χ4n) is 5.27. The van der Waals surface area contributed by atoms with Crippen molar-refractivity contribution in [2.24, 2.45) is 17.8 Å². The van der Waals surface area contributed by atoms with Crippen molar-refractivity contribution in [3.8, 4) is 0 Å². The Morgan fingerprint density at radius 3 is 2.11 bits per heavy atom. The number of unbranched alkanes of at least 4 members (excludes halogenated alkanes) is 2. The van der Waals surface area contributed by atoms with Gasteiger partial charge in [-0.1, -0.05) is 70.2 Å². The lowest BCUT2D eigenvalue weighted by Gasteiger charge is -2.38. The summed E-state index contributed by atoms with van der Waals surface area (Å²) in [6, 6.07) is 9.30. The third-order valence-electron chi connectivity index (χ3n) is 7.31. The molecule has 0 amide bonds. The lowest BCUT2D eigenvalue weighted by Crippen LogP contribution is -2.34.